The molecule has 2 unspecified atom stereocenters. The monoisotopic (exact) mass is 262 g/mol. The van der Waals surface area contributed by atoms with Gasteiger partial charge in [-0.25, -0.2) is 0 Å². The molecule has 0 aromatic heterocycles. The second kappa shape index (κ2) is 7.01. The van der Waals surface area contributed by atoms with Crippen LogP contribution in [-0.4, -0.2) is 33.2 Å². The van der Waals surface area contributed by atoms with Crippen LogP contribution in [0.2, 0.25) is 0 Å². The van der Waals surface area contributed by atoms with Crippen molar-refractivity contribution in [3.63, 3.8) is 0 Å². The van der Waals surface area contributed by atoms with E-state index >= 15 is 0 Å². The number of benzene rings is 1. The van der Waals surface area contributed by atoms with Crippen molar-refractivity contribution in [1.29, 1.82) is 5.26 Å². The van der Waals surface area contributed by atoms with Gasteiger partial charge >= 0.3 is 0 Å². The molecule has 0 saturated heterocycles. The highest BCUT2D eigenvalue weighted by Crippen LogP contribution is 2.35. The lowest BCUT2D eigenvalue weighted by atomic mass is 9.91. The van der Waals surface area contributed by atoms with Crippen LogP contribution in [0.3, 0.4) is 0 Å². The van der Waals surface area contributed by atoms with E-state index in [4.69, 9.17) is 9.47 Å². The standard InChI is InChI=1S/C15H22N2O2/c1-6-11(10-16)15(17(2)3)12-7-8-13(18-4)14(9-12)19-5/h7-9,11,15H,6H2,1-5H3. The van der Waals surface area contributed by atoms with Gasteiger partial charge in [-0.2, -0.15) is 5.26 Å². The van der Waals surface area contributed by atoms with Gasteiger partial charge in [-0.1, -0.05) is 13.0 Å². The maximum atomic E-state index is 9.30. The third-order valence-corrected chi connectivity index (χ3v) is 3.29. The Morgan fingerprint density at radius 3 is 2.26 bits per heavy atom. The second-order valence-electron chi connectivity index (χ2n) is 4.67. The van der Waals surface area contributed by atoms with E-state index < -0.39 is 0 Å². The van der Waals surface area contributed by atoms with Crippen LogP contribution in [0.5, 0.6) is 11.5 Å². The lowest BCUT2D eigenvalue weighted by molar-refractivity contribution is 0.240. The maximum Gasteiger partial charge on any atom is 0.161 e. The molecule has 1 aromatic rings. The predicted octanol–water partition coefficient (Wildman–Crippen LogP) is 2.86. The van der Waals surface area contributed by atoms with Gasteiger partial charge in [-0.05, 0) is 38.2 Å². The third-order valence-electron chi connectivity index (χ3n) is 3.29. The van der Waals surface area contributed by atoms with E-state index in [9.17, 15) is 5.26 Å². The van der Waals surface area contributed by atoms with Gasteiger partial charge in [0.2, 0.25) is 0 Å². The van der Waals surface area contributed by atoms with Crippen molar-refractivity contribution < 1.29 is 9.47 Å². The summed E-state index contributed by atoms with van der Waals surface area (Å²) in [7, 11) is 7.21. The van der Waals surface area contributed by atoms with Crippen LogP contribution in [0.4, 0.5) is 0 Å². The average Bonchev–Trinajstić information content (AvgIpc) is 2.43. The number of nitrogens with zero attached hydrogens (tertiary/aromatic N) is 2. The van der Waals surface area contributed by atoms with Crippen molar-refractivity contribution in [1.82, 2.24) is 4.90 Å². The molecule has 0 aliphatic carbocycles. The van der Waals surface area contributed by atoms with Gasteiger partial charge in [-0.15, -0.1) is 0 Å². The molecule has 1 aromatic carbocycles. The quantitative estimate of drug-likeness (QED) is 0.791. The Morgan fingerprint density at radius 1 is 1.21 bits per heavy atom. The summed E-state index contributed by atoms with van der Waals surface area (Å²) in [6, 6.07) is 8.26. The fourth-order valence-electron chi connectivity index (χ4n) is 2.31. The number of methoxy groups -OCH3 is 2. The first-order chi connectivity index (χ1) is 9.08. The molecule has 4 nitrogen and oxygen atoms in total. The Balaban J connectivity index is 3.21. The van der Waals surface area contributed by atoms with Gasteiger partial charge in [0.15, 0.2) is 11.5 Å². The Bertz CT molecular complexity index is 452. The molecular weight excluding hydrogens is 240 g/mol. The molecule has 0 heterocycles. The Morgan fingerprint density at radius 2 is 1.84 bits per heavy atom. The molecule has 0 fully saturated rings. The third kappa shape index (κ3) is 3.39. The van der Waals surface area contributed by atoms with E-state index in [0.29, 0.717) is 11.5 Å². The first-order valence-corrected chi connectivity index (χ1v) is 6.37. The summed E-state index contributed by atoms with van der Waals surface area (Å²) in [4.78, 5) is 2.07. The normalized spacial score (nSPS) is 13.7. The largest absolute Gasteiger partial charge is 0.493 e. The van der Waals surface area contributed by atoms with Gasteiger partial charge in [0.05, 0.1) is 32.2 Å². The Kier molecular flexibility index (Phi) is 5.65. The van der Waals surface area contributed by atoms with Gasteiger partial charge < -0.3 is 14.4 Å². The zero-order valence-electron chi connectivity index (χ0n) is 12.3. The molecule has 0 radical (unpaired) electrons. The second-order valence-corrected chi connectivity index (χ2v) is 4.67. The number of ether oxygens (including phenoxy) is 2. The predicted molar refractivity (Wildman–Crippen MR) is 75.4 cm³/mol. The summed E-state index contributed by atoms with van der Waals surface area (Å²) in [6.07, 6.45) is 0.813. The van der Waals surface area contributed by atoms with Crippen molar-refractivity contribution in [3.05, 3.63) is 23.8 Å². The summed E-state index contributed by atoms with van der Waals surface area (Å²) in [5.74, 6) is 1.35. The van der Waals surface area contributed by atoms with Crippen molar-refractivity contribution in [2.24, 2.45) is 5.92 Å². The molecule has 19 heavy (non-hydrogen) atoms. The number of hydrogen-bond acceptors (Lipinski definition) is 4. The Labute approximate surface area is 115 Å². The average molecular weight is 262 g/mol. The van der Waals surface area contributed by atoms with Gasteiger partial charge in [0, 0.05) is 0 Å². The van der Waals surface area contributed by atoms with Crippen LogP contribution in [0.1, 0.15) is 24.9 Å². The van der Waals surface area contributed by atoms with Gasteiger partial charge in [-0.3, -0.25) is 0 Å². The van der Waals surface area contributed by atoms with Crippen molar-refractivity contribution in [3.8, 4) is 17.6 Å². The number of hydrogen-bond donors (Lipinski definition) is 0. The molecule has 0 saturated carbocycles. The zero-order valence-corrected chi connectivity index (χ0v) is 12.3. The van der Waals surface area contributed by atoms with Crippen LogP contribution in [0.15, 0.2) is 18.2 Å². The summed E-state index contributed by atoms with van der Waals surface area (Å²) in [5, 5.41) is 9.30. The molecule has 104 valence electrons. The minimum absolute atomic E-state index is 0.0481. The molecule has 0 aliphatic heterocycles. The number of nitriles is 1. The fourth-order valence-corrected chi connectivity index (χ4v) is 2.31. The van der Waals surface area contributed by atoms with Crippen LogP contribution in [0.25, 0.3) is 0 Å². The van der Waals surface area contributed by atoms with Crippen molar-refractivity contribution in [2.45, 2.75) is 19.4 Å². The van der Waals surface area contributed by atoms with Crippen LogP contribution >= 0.6 is 0 Å². The zero-order chi connectivity index (χ0) is 14.4. The van der Waals surface area contributed by atoms with E-state index in [1.165, 1.54) is 0 Å². The summed E-state index contributed by atoms with van der Waals surface area (Å²) < 4.78 is 10.6. The lowest BCUT2D eigenvalue weighted by Crippen LogP contribution is -2.26. The molecule has 0 N–H and O–H groups in total. The molecule has 0 amide bonds. The van der Waals surface area contributed by atoms with Crippen molar-refractivity contribution >= 4 is 0 Å². The number of rotatable bonds is 6. The van der Waals surface area contributed by atoms with Gasteiger partial charge in [0.25, 0.3) is 0 Å². The first kappa shape index (κ1) is 15.3. The van der Waals surface area contributed by atoms with E-state index in [-0.39, 0.29) is 12.0 Å². The van der Waals surface area contributed by atoms with E-state index in [1.54, 1.807) is 14.2 Å². The highest BCUT2D eigenvalue weighted by molar-refractivity contribution is 5.44. The van der Waals surface area contributed by atoms with Crippen LogP contribution in [0, 0.1) is 17.2 Å². The Hall–Kier alpha value is -1.73. The SMILES string of the molecule is CCC(C#N)C(c1ccc(OC)c(OC)c1)N(C)C. The van der Waals surface area contributed by atoms with E-state index in [1.807, 2.05) is 39.2 Å². The topological polar surface area (TPSA) is 45.5 Å². The van der Waals surface area contributed by atoms with E-state index in [2.05, 4.69) is 11.0 Å². The van der Waals surface area contributed by atoms with E-state index in [0.717, 1.165) is 12.0 Å². The van der Waals surface area contributed by atoms with Crippen LogP contribution < -0.4 is 9.47 Å². The van der Waals surface area contributed by atoms with Crippen molar-refractivity contribution in [2.75, 3.05) is 28.3 Å². The first-order valence-electron chi connectivity index (χ1n) is 6.37. The molecular formula is C15H22N2O2. The highest BCUT2D eigenvalue weighted by atomic mass is 16.5. The van der Waals surface area contributed by atoms with Crippen LogP contribution in [-0.2, 0) is 0 Å². The lowest BCUT2D eigenvalue weighted by Gasteiger charge is -2.28. The minimum atomic E-state index is -0.0481. The summed E-state index contributed by atoms with van der Waals surface area (Å²) in [5.41, 5.74) is 1.07. The molecule has 4 heteroatoms. The smallest absolute Gasteiger partial charge is 0.161 e. The molecule has 2 atom stereocenters. The fraction of sp³-hybridized carbons (Fsp3) is 0.533. The van der Waals surface area contributed by atoms with Gasteiger partial charge in [0.1, 0.15) is 0 Å². The summed E-state index contributed by atoms with van der Waals surface area (Å²) in [6.45, 7) is 2.03. The maximum absolute atomic E-state index is 9.30. The molecule has 0 aliphatic rings. The molecule has 0 bridgehead atoms. The minimum Gasteiger partial charge on any atom is -0.493 e. The molecule has 0 spiro atoms. The highest BCUT2D eigenvalue weighted by Gasteiger charge is 2.24. The molecule has 1 rings (SSSR count). The summed E-state index contributed by atoms with van der Waals surface area (Å²) >= 11 is 0.